The fourth-order valence-corrected chi connectivity index (χ4v) is 0.253. The second-order valence-corrected chi connectivity index (χ2v) is 0.894. The summed E-state index contributed by atoms with van der Waals surface area (Å²) in [5, 5.41) is 0. The van der Waals surface area contributed by atoms with Gasteiger partial charge in [0.05, 0.1) is 0 Å². The van der Waals surface area contributed by atoms with Crippen LogP contribution < -0.4 is 0 Å². The topological polar surface area (TPSA) is 25.8 Å². The van der Waals surface area contributed by atoms with Gasteiger partial charge in [0, 0.05) is 24.8 Å². The minimum absolute atomic E-state index is 0. The maximum atomic E-state index is 3.72. The van der Waals surface area contributed by atoms with Crippen LogP contribution in [0.5, 0.6) is 0 Å². The average Bonchev–Trinajstić information content (AvgIpc) is 1.72. The van der Waals surface area contributed by atoms with Crippen molar-refractivity contribution in [1.29, 1.82) is 0 Å². The normalized spacial score (nSPS) is 6.86. The van der Waals surface area contributed by atoms with Crippen molar-refractivity contribution < 1.29 is 0 Å². The standard InChI is InChI=1S/C4H4N2.Sn.4H/c1-2-6-4-3-5-1;;;;;/h1-4H;;;;;. The molecule has 1 aromatic heterocycles. The van der Waals surface area contributed by atoms with Crippen molar-refractivity contribution in [3.63, 3.8) is 0 Å². The summed E-state index contributed by atoms with van der Waals surface area (Å²) in [6.07, 6.45) is 6.56. The molecule has 0 amide bonds. The van der Waals surface area contributed by atoms with Gasteiger partial charge in [-0.2, -0.15) is 0 Å². The van der Waals surface area contributed by atoms with Gasteiger partial charge in [-0.25, -0.2) is 0 Å². The molecule has 0 bridgehead atoms. The fourth-order valence-electron chi connectivity index (χ4n) is 0.253. The minimum Gasteiger partial charge on any atom is -0.262 e. The molecule has 3 heteroatoms. The Labute approximate surface area is 58.9 Å². The summed E-state index contributed by atoms with van der Waals surface area (Å²) >= 11 is 0. The predicted molar refractivity (Wildman–Crippen MR) is 33.4 cm³/mol. The molecule has 0 atom stereocenters. The van der Waals surface area contributed by atoms with E-state index in [9.17, 15) is 0 Å². The largest absolute Gasteiger partial charge is 0.262 e. The summed E-state index contributed by atoms with van der Waals surface area (Å²) in [5.41, 5.74) is 0. The van der Waals surface area contributed by atoms with E-state index in [4.69, 9.17) is 0 Å². The zero-order chi connectivity index (χ0) is 4.24. The zero-order valence-corrected chi connectivity index (χ0v) is 3.20. The number of aromatic nitrogens is 2. The molecule has 0 aromatic carbocycles. The summed E-state index contributed by atoms with van der Waals surface area (Å²) in [5.74, 6) is 0. The van der Waals surface area contributed by atoms with Crippen LogP contribution in [-0.4, -0.2) is 33.9 Å². The first kappa shape index (κ1) is 6.88. The molecule has 7 heavy (non-hydrogen) atoms. The van der Waals surface area contributed by atoms with Crippen molar-refractivity contribution in [2.75, 3.05) is 0 Å². The van der Waals surface area contributed by atoms with Crippen LogP contribution in [0, 0.1) is 0 Å². The molecule has 0 saturated heterocycles. The maximum Gasteiger partial charge on any atom is 0.0451 e. The molecule has 0 aliphatic heterocycles. The van der Waals surface area contributed by atoms with Crippen molar-refractivity contribution in [3.05, 3.63) is 24.8 Å². The Kier molecular flexibility index (Phi) is 3.98. The van der Waals surface area contributed by atoms with Crippen LogP contribution in [0.15, 0.2) is 24.8 Å². The number of hydrogen-bond donors (Lipinski definition) is 0. The van der Waals surface area contributed by atoms with Gasteiger partial charge in [-0.1, -0.05) is 0 Å². The number of nitrogens with zero attached hydrogens (tertiary/aromatic N) is 2. The van der Waals surface area contributed by atoms with Crippen LogP contribution in [0.3, 0.4) is 0 Å². The van der Waals surface area contributed by atoms with Gasteiger partial charge in [0.1, 0.15) is 0 Å². The van der Waals surface area contributed by atoms with E-state index in [2.05, 4.69) is 9.97 Å². The smallest absolute Gasteiger partial charge is 0.0451 e. The first-order valence-corrected chi connectivity index (χ1v) is 1.70. The Morgan fingerprint density at radius 2 is 1.00 bits per heavy atom. The third-order valence-corrected chi connectivity index (χ3v) is 0.478. The first-order valence-electron chi connectivity index (χ1n) is 1.70. The Morgan fingerprint density at radius 1 is 0.714 bits per heavy atom. The van der Waals surface area contributed by atoms with Gasteiger partial charge in [-0.05, 0) is 0 Å². The first-order chi connectivity index (χ1) is 3.00. The summed E-state index contributed by atoms with van der Waals surface area (Å²) in [6, 6.07) is 0. The molecule has 1 heterocycles. The fraction of sp³-hybridized carbons (Fsp3) is 0. The zero-order valence-electron chi connectivity index (χ0n) is 3.20. The van der Waals surface area contributed by atoms with Gasteiger partial charge >= 0.3 is 23.9 Å². The molecular weight excluding hydrogens is 195 g/mol. The third kappa shape index (κ3) is 2.56. The van der Waals surface area contributed by atoms with Crippen LogP contribution in [0.4, 0.5) is 0 Å². The molecule has 1 aromatic rings. The van der Waals surface area contributed by atoms with E-state index in [0.717, 1.165) is 0 Å². The van der Waals surface area contributed by atoms with Crippen LogP contribution >= 0.6 is 0 Å². The van der Waals surface area contributed by atoms with Crippen molar-refractivity contribution in [3.8, 4) is 0 Å². The quantitative estimate of drug-likeness (QED) is 0.506. The van der Waals surface area contributed by atoms with E-state index in [-0.39, 0.29) is 23.9 Å². The molecule has 2 nitrogen and oxygen atoms in total. The molecule has 0 spiro atoms. The van der Waals surface area contributed by atoms with Crippen LogP contribution in [0.2, 0.25) is 0 Å². The molecule has 0 fully saturated rings. The SMILES string of the molecule is [SnH4].c1cnccn1. The predicted octanol–water partition coefficient (Wildman–Crippen LogP) is -0.975. The number of rotatable bonds is 0. The van der Waals surface area contributed by atoms with Crippen molar-refractivity contribution >= 4 is 23.9 Å². The molecule has 0 unspecified atom stereocenters. The molecule has 0 N–H and O–H groups in total. The Morgan fingerprint density at radius 3 is 1.14 bits per heavy atom. The van der Waals surface area contributed by atoms with Crippen LogP contribution in [0.25, 0.3) is 0 Å². The van der Waals surface area contributed by atoms with Crippen molar-refractivity contribution in [2.24, 2.45) is 0 Å². The second-order valence-electron chi connectivity index (χ2n) is 0.894. The van der Waals surface area contributed by atoms with Crippen molar-refractivity contribution in [1.82, 2.24) is 9.97 Å². The van der Waals surface area contributed by atoms with Crippen LogP contribution in [0.1, 0.15) is 0 Å². The average molecular weight is 203 g/mol. The van der Waals surface area contributed by atoms with Gasteiger partial charge in [-0.3, -0.25) is 9.97 Å². The van der Waals surface area contributed by atoms with Crippen molar-refractivity contribution in [2.45, 2.75) is 0 Å². The molecule has 38 valence electrons. The van der Waals surface area contributed by atoms with Gasteiger partial charge < -0.3 is 0 Å². The van der Waals surface area contributed by atoms with Gasteiger partial charge in [0.15, 0.2) is 0 Å². The molecule has 0 aliphatic rings. The molecule has 1 rings (SSSR count). The minimum atomic E-state index is 0. The van der Waals surface area contributed by atoms with E-state index < -0.39 is 0 Å². The van der Waals surface area contributed by atoms with E-state index in [1.54, 1.807) is 24.8 Å². The Hall–Kier alpha value is -0.121. The monoisotopic (exact) mass is 204 g/mol. The summed E-state index contributed by atoms with van der Waals surface area (Å²) < 4.78 is 0. The molecule has 0 saturated carbocycles. The maximum absolute atomic E-state index is 3.72. The van der Waals surface area contributed by atoms with E-state index in [1.165, 1.54) is 0 Å². The molecule has 0 radical (unpaired) electrons. The molecule has 0 aliphatic carbocycles. The van der Waals surface area contributed by atoms with Gasteiger partial charge in [0.2, 0.25) is 0 Å². The van der Waals surface area contributed by atoms with Crippen LogP contribution in [-0.2, 0) is 0 Å². The van der Waals surface area contributed by atoms with Gasteiger partial charge in [0.25, 0.3) is 0 Å². The van der Waals surface area contributed by atoms with E-state index in [0.29, 0.717) is 0 Å². The Bertz CT molecular complexity index is 81.6. The Balaban J connectivity index is 0.000000360. The molecular formula is C4H8N2Sn. The third-order valence-electron chi connectivity index (χ3n) is 0.478. The van der Waals surface area contributed by atoms with E-state index >= 15 is 0 Å². The summed E-state index contributed by atoms with van der Waals surface area (Å²) in [7, 11) is 0. The summed E-state index contributed by atoms with van der Waals surface area (Å²) in [4.78, 5) is 7.44. The second kappa shape index (κ2) is 4.05. The number of hydrogen-bond acceptors (Lipinski definition) is 2. The van der Waals surface area contributed by atoms with E-state index in [1.807, 2.05) is 0 Å². The van der Waals surface area contributed by atoms with Gasteiger partial charge in [-0.15, -0.1) is 0 Å². The summed E-state index contributed by atoms with van der Waals surface area (Å²) in [6.45, 7) is 0.